The van der Waals surface area contributed by atoms with Crippen LogP contribution in [0.1, 0.15) is 69.4 Å². The van der Waals surface area contributed by atoms with Gasteiger partial charge in [0, 0.05) is 12.0 Å². The number of hydrogen-bond acceptors (Lipinski definition) is 3. The van der Waals surface area contributed by atoms with E-state index in [0.29, 0.717) is 13.0 Å². The summed E-state index contributed by atoms with van der Waals surface area (Å²) in [5.41, 5.74) is 4.57. The molecule has 0 radical (unpaired) electrons. The molecule has 150 valence electrons. The maximum Gasteiger partial charge on any atom is 0.240 e. The van der Waals surface area contributed by atoms with E-state index in [1.165, 1.54) is 32.1 Å². The van der Waals surface area contributed by atoms with E-state index in [-0.39, 0.29) is 5.91 Å². The van der Waals surface area contributed by atoms with Crippen molar-refractivity contribution in [3.05, 3.63) is 65.7 Å². The van der Waals surface area contributed by atoms with E-state index in [0.717, 1.165) is 29.7 Å². The van der Waals surface area contributed by atoms with Crippen LogP contribution in [-0.4, -0.2) is 12.1 Å². The van der Waals surface area contributed by atoms with E-state index in [9.17, 15) is 4.79 Å². The van der Waals surface area contributed by atoms with Gasteiger partial charge in [-0.25, -0.2) is 5.43 Å². The molecule has 2 aromatic rings. The zero-order valence-corrected chi connectivity index (χ0v) is 16.9. The summed E-state index contributed by atoms with van der Waals surface area (Å²) in [6.45, 7) is 2.72. The van der Waals surface area contributed by atoms with Crippen molar-refractivity contribution in [3.63, 3.8) is 0 Å². The fraction of sp³-hybridized carbons (Fsp3) is 0.417. The summed E-state index contributed by atoms with van der Waals surface area (Å²) in [4.78, 5) is 11.9. The molecule has 28 heavy (non-hydrogen) atoms. The van der Waals surface area contributed by atoms with Gasteiger partial charge >= 0.3 is 0 Å². The molecule has 0 fully saturated rings. The number of para-hydroxylation sites is 1. The number of hydrazone groups is 1. The molecule has 0 aliphatic carbocycles. The zero-order valence-electron chi connectivity index (χ0n) is 16.9. The number of carbonyl (C=O) groups excluding carboxylic acids is 1. The monoisotopic (exact) mass is 380 g/mol. The molecule has 2 aromatic carbocycles. The molecule has 1 N–H and O–H groups in total. The number of unbranched alkanes of at least 4 members (excludes halogenated alkanes) is 6. The highest BCUT2D eigenvalue weighted by molar-refractivity contribution is 5.85. The predicted molar refractivity (Wildman–Crippen MR) is 116 cm³/mol. The van der Waals surface area contributed by atoms with Gasteiger partial charge in [0.25, 0.3) is 0 Å². The number of benzene rings is 2. The maximum absolute atomic E-state index is 11.9. The van der Waals surface area contributed by atoms with E-state index in [1.54, 1.807) is 6.21 Å². The molecular formula is C24H32N2O2. The second-order valence-electron chi connectivity index (χ2n) is 6.98. The predicted octanol–water partition coefficient (Wildman–Crippen LogP) is 5.86. The molecule has 0 saturated carbocycles. The molecule has 0 heterocycles. The number of rotatable bonds is 13. The Kier molecular flexibility index (Phi) is 10.5. The van der Waals surface area contributed by atoms with Gasteiger partial charge in [0.15, 0.2) is 0 Å². The summed E-state index contributed by atoms with van der Waals surface area (Å²) in [6.07, 6.45) is 10.6. The average Bonchev–Trinajstić information content (AvgIpc) is 2.73. The average molecular weight is 381 g/mol. The fourth-order valence-electron chi connectivity index (χ4n) is 2.93. The Morgan fingerprint density at radius 1 is 0.929 bits per heavy atom. The maximum atomic E-state index is 11.9. The molecule has 0 aliphatic rings. The van der Waals surface area contributed by atoms with Crippen molar-refractivity contribution >= 4 is 12.1 Å². The first kappa shape index (κ1) is 21.7. The largest absolute Gasteiger partial charge is 0.488 e. The van der Waals surface area contributed by atoms with Crippen molar-refractivity contribution in [3.8, 4) is 5.75 Å². The van der Waals surface area contributed by atoms with Gasteiger partial charge in [-0.1, -0.05) is 87.9 Å². The normalized spacial score (nSPS) is 10.9. The fourth-order valence-corrected chi connectivity index (χ4v) is 2.93. The van der Waals surface area contributed by atoms with Crippen LogP contribution < -0.4 is 10.2 Å². The van der Waals surface area contributed by atoms with Crippen LogP contribution in [0.15, 0.2) is 59.7 Å². The van der Waals surface area contributed by atoms with Crippen molar-refractivity contribution in [1.82, 2.24) is 5.43 Å². The van der Waals surface area contributed by atoms with Crippen LogP contribution in [0, 0.1) is 0 Å². The second kappa shape index (κ2) is 13.5. The van der Waals surface area contributed by atoms with Crippen molar-refractivity contribution in [1.29, 1.82) is 0 Å². The molecule has 0 bridgehead atoms. The van der Waals surface area contributed by atoms with E-state index in [2.05, 4.69) is 17.5 Å². The van der Waals surface area contributed by atoms with Crippen LogP contribution in [0.3, 0.4) is 0 Å². The van der Waals surface area contributed by atoms with Gasteiger partial charge in [0.05, 0.1) is 6.21 Å². The summed E-state index contributed by atoms with van der Waals surface area (Å²) in [5.74, 6) is 0.712. The topological polar surface area (TPSA) is 50.7 Å². The lowest BCUT2D eigenvalue weighted by atomic mass is 10.1. The van der Waals surface area contributed by atoms with E-state index in [4.69, 9.17) is 4.74 Å². The number of nitrogens with zero attached hydrogens (tertiary/aromatic N) is 1. The van der Waals surface area contributed by atoms with Crippen LogP contribution in [0.2, 0.25) is 0 Å². The molecular weight excluding hydrogens is 348 g/mol. The third-order valence-corrected chi connectivity index (χ3v) is 4.56. The van der Waals surface area contributed by atoms with Crippen LogP contribution >= 0.6 is 0 Å². The van der Waals surface area contributed by atoms with Gasteiger partial charge in [0.1, 0.15) is 12.4 Å². The molecule has 0 atom stereocenters. The first-order chi connectivity index (χ1) is 13.8. The standard InChI is InChI=1S/C24H32N2O2/c1-2-3-4-5-6-7-11-18-24(27)26-25-19-22-16-12-13-17-23(22)28-20-21-14-9-8-10-15-21/h8-10,12-17,19H,2-7,11,18,20H2,1H3,(H,26,27). The Labute approximate surface area is 169 Å². The van der Waals surface area contributed by atoms with E-state index in [1.807, 2.05) is 54.6 Å². The highest BCUT2D eigenvalue weighted by atomic mass is 16.5. The van der Waals surface area contributed by atoms with Crippen molar-refractivity contribution in [2.24, 2.45) is 5.10 Å². The Hall–Kier alpha value is -2.62. The lowest BCUT2D eigenvalue weighted by Gasteiger charge is -2.09. The number of amides is 1. The molecule has 0 aromatic heterocycles. The molecule has 0 spiro atoms. The van der Waals surface area contributed by atoms with Crippen LogP contribution in [0.5, 0.6) is 5.75 Å². The Balaban J connectivity index is 1.71. The number of carbonyl (C=O) groups is 1. The molecule has 0 unspecified atom stereocenters. The first-order valence-electron chi connectivity index (χ1n) is 10.4. The summed E-state index contributed by atoms with van der Waals surface area (Å²) in [7, 11) is 0. The third kappa shape index (κ3) is 8.85. The summed E-state index contributed by atoms with van der Waals surface area (Å²) >= 11 is 0. The van der Waals surface area contributed by atoms with Gasteiger partial charge in [-0.3, -0.25) is 4.79 Å². The van der Waals surface area contributed by atoms with Crippen LogP contribution in [0.4, 0.5) is 0 Å². The lowest BCUT2D eigenvalue weighted by molar-refractivity contribution is -0.121. The molecule has 0 aliphatic heterocycles. The van der Waals surface area contributed by atoms with Gasteiger partial charge in [-0.05, 0) is 24.1 Å². The second-order valence-corrected chi connectivity index (χ2v) is 6.98. The summed E-state index contributed by atoms with van der Waals surface area (Å²) in [6, 6.07) is 17.7. The molecule has 2 rings (SSSR count). The van der Waals surface area contributed by atoms with E-state index >= 15 is 0 Å². The highest BCUT2D eigenvalue weighted by Gasteiger charge is 2.03. The molecule has 4 nitrogen and oxygen atoms in total. The Bertz CT molecular complexity index is 714. The number of ether oxygens (including phenoxy) is 1. The van der Waals surface area contributed by atoms with Crippen LogP contribution in [0.25, 0.3) is 0 Å². The quantitative estimate of drug-likeness (QED) is 0.269. The Morgan fingerprint density at radius 2 is 1.61 bits per heavy atom. The van der Waals surface area contributed by atoms with Gasteiger partial charge in [-0.15, -0.1) is 0 Å². The SMILES string of the molecule is CCCCCCCCCC(=O)NN=Cc1ccccc1OCc1ccccc1. The van der Waals surface area contributed by atoms with Crippen molar-refractivity contribution < 1.29 is 9.53 Å². The third-order valence-electron chi connectivity index (χ3n) is 4.56. The summed E-state index contributed by atoms with van der Waals surface area (Å²) < 4.78 is 5.90. The molecule has 0 saturated heterocycles. The van der Waals surface area contributed by atoms with Gasteiger partial charge in [0.2, 0.25) is 5.91 Å². The highest BCUT2D eigenvalue weighted by Crippen LogP contribution is 2.17. The van der Waals surface area contributed by atoms with Gasteiger partial charge in [-0.2, -0.15) is 5.10 Å². The number of hydrogen-bond donors (Lipinski definition) is 1. The van der Waals surface area contributed by atoms with Crippen molar-refractivity contribution in [2.75, 3.05) is 0 Å². The zero-order chi connectivity index (χ0) is 19.9. The molecule has 4 heteroatoms. The minimum atomic E-state index is -0.0347. The van der Waals surface area contributed by atoms with Crippen molar-refractivity contribution in [2.45, 2.75) is 64.9 Å². The number of nitrogens with one attached hydrogen (secondary N) is 1. The summed E-state index contributed by atoms with van der Waals surface area (Å²) in [5, 5.41) is 4.09. The van der Waals surface area contributed by atoms with Crippen LogP contribution in [-0.2, 0) is 11.4 Å². The van der Waals surface area contributed by atoms with Gasteiger partial charge < -0.3 is 4.74 Å². The minimum Gasteiger partial charge on any atom is -0.488 e. The first-order valence-corrected chi connectivity index (χ1v) is 10.4. The van der Waals surface area contributed by atoms with E-state index < -0.39 is 0 Å². The smallest absolute Gasteiger partial charge is 0.240 e. The Morgan fingerprint density at radius 3 is 2.39 bits per heavy atom. The minimum absolute atomic E-state index is 0.0347. The lowest BCUT2D eigenvalue weighted by Crippen LogP contribution is -2.17. The molecule has 1 amide bonds.